The molecule has 0 saturated carbocycles. The number of anilines is 1. The Bertz CT molecular complexity index is 922. The summed E-state index contributed by atoms with van der Waals surface area (Å²) >= 11 is 0. The first-order valence-electron chi connectivity index (χ1n) is 11.4. The highest BCUT2D eigenvalue weighted by Crippen LogP contribution is 2.33. The molecule has 1 aromatic rings. The zero-order valence-electron chi connectivity index (χ0n) is 19.9. The standard InChI is InChI=1S/C22H32FN3O8/c1-5-6-7-8-9-10-11-31-22(30)25-19-16(23)12-26(21(29)24-19)20-18(34-15(4)28)17(13(2)32-20)33-14(3)27/h12-13,17-18,20H,5-11H2,1-4H3,(H,24,25,29,30)/t13-,17?,18?,20-/m1/s1. The predicted octanol–water partition coefficient (Wildman–Crippen LogP) is 3.07. The maximum absolute atomic E-state index is 14.7. The van der Waals surface area contributed by atoms with Crippen molar-refractivity contribution in [3.8, 4) is 0 Å². The molecule has 0 spiro atoms. The third kappa shape index (κ3) is 7.79. The van der Waals surface area contributed by atoms with Gasteiger partial charge in [0.2, 0.25) is 0 Å². The molecule has 1 fully saturated rings. The van der Waals surface area contributed by atoms with Gasteiger partial charge < -0.3 is 18.9 Å². The van der Waals surface area contributed by atoms with Crippen molar-refractivity contribution >= 4 is 23.8 Å². The molecule has 2 rings (SSSR count). The monoisotopic (exact) mass is 485 g/mol. The molecule has 2 unspecified atom stereocenters. The Hall–Kier alpha value is -3.02. The molecule has 0 aromatic carbocycles. The van der Waals surface area contributed by atoms with Crippen LogP contribution >= 0.6 is 0 Å². The van der Waals surface area contributed by atoms with Crippen LogP contribution in [0, 0.1) is 5.82 Å². The number of esters is 2. The minimum atomic E-state index is -1.30. The van der Waals surface area contributed by atoms with Crippen molar-refractivity contribution in [2.75, 3.05) is 11.9 Å². The molecule has 4 atom stereocenters. The van der Waals surface area contributed by atoms with Crippen molar-refractivity contribution < 1.29 is 37.7 Å². The number of halogens is 1. The lowest BCUT2D eigenvalue weighted by molar-refractivity contribution is -0.165. The number of aromatic nitrogens is 2. The van der Waals surface area contributed by atoms with Crippen LogP contribution in [0.15, 0.2) is 11.0 Å². The highest BCUT2D eigenvalue weighted by atomic mass is 19.1. The van der Waals surface area contributed by atoms with E-state index in [0.717, 1.165) is 49.8 Å². The Balaban J connectivity index is 2.06. The van der Waals surface area contributed by atoms with Crippen molar-refractivity contribution in [2.45, 2.75) is 90.8 Å². The van der Waals surface area contributed by atoms with Crippen LogP contribution in [-0.4, -0.2) is 52.5 Å². The molecule has 34 heavy (non-hydrogen) atoms. The third-order valence-electron chi connectivity index (χ3n) is 5.16. The van der Waals surface area contributed by atoms with Gasteiger partial charge in [0.05, 0.1) is 18.9 Å². The lowest BCUT2D eigenvalue weighted by atomic mass is 10.1. The van der Waals surface area contributed by atoms with Gasteiger partial charge in [0.25, 0.3) is 0 Å². The number of carbonyl (C=O) groups is 3. The number of unbranched alkanes of at least 4 members (excludes halogenated alkanes) is 5. The van der Waals surface area contributed by atoms with Gasteiger partial charge in [-0.05, 0) is 13.3 Å². The Morgan fingerprint density at radius 3 is 2.35 bits per heavy atom. The smallest absolute Gasteiger partial charge is 0.412 e. The highest BCUT2D eigenvalue weighted by Gasteiger charge is 2.48. The van der Waals surface area contributed by atoms with Crippen molar-refractivity contribution in [3.63, 3.8) is 0 Å². The molecule has 0 bridgehead atoms. The second-order valence-corrected chi connectivity index (χ2v) is 8.04. The molecule has 12 heteroatoms. The van der Waals surface area contributed by atoms with Crippen LogP contribution in [0.4, 0.5) is 15.0 Å². The minimum absolute atomic E-state index is 0.159. The van der Waals surface area contributed by atoms with Crippen LogP contribution in [-0.2, 0) is 28.5 Å². The molecule has 1 N–H and O–H groups in total. The molecular formula is C22H32FN3O8. The number of nitrogens with zero attached hydrogens (tertiary/aromatic N) is 2. The SMILES string of the molecule is CCCCCCCCOC(=O)Nc1nc(=O)n([C@@H]2O[C@H](C)C(OC(C)=O)C2OC(C)=O)cc1F. The van der Waals surface area contributed by atoms with Gasteiger partial charge in [-0.2, -0.15) is 4.98 Å². The van der Waals surface area contributed by atoms with Gasteiger partial charge in [-0.25, -0.2) is 14.0 Å². The van der Waals surface area contributed by atoms with E-state index in [1.54, 1.807) is 6.92 Å². The van der Waals surface area contributed by atoms with Gasteiger partial charge in [-0.15, -0.1) is 0 Å². The van der Waals surface area contributed by atoms with Crippen LogP contribution in [0.25, 0.3) is 0 Å². The fourth-order valence-corrected chi connectivity index (χ4v) is 3.59. The third-order valence-corrected chi connectivity index (χ3v) is 5.16. The first-order chi connectivity index (χ1) is 16.1. The summed E-state index contributed by atoms with van der Waals surface area (Å²) in [4.78, 5) is 51.1. The summed E-state index contributed by atoms with van der Waals surface area (Å²) in [5, 5.41) is 2.11. The van der Waals surface area contributed by atoms with E-state index in [0.29, 0.717) is 6.42 Å². The van der Waals surface area contributed by atoms with Crippen molar-refractivity contribution in [3.05, 3.63) is 22.5 Å². The molecule has 1 saturated heterocycles. The van der Waals surface area contributed by atoms with E-state index in [1.807, 2.05) is 0 Å². The summed E-state index contributed by atoms with van der Waals surface area (Å²) in [5.74, 6) is -3.00. The van der Waals surface area contributed by atoms with Gasteiger partial charge in [-0.3, -0.25) is 19.5 Å². The minimum Gasteiger partial charge on any atom is -0.456 e. The second-order valence-electron chi connectivity index (χ2n) is 8.04. The summed E-state index contributed by atoms with van der Waals surface area (Å²) in [7, 11) is 0. The lowest BCUT2D eigenvalue weighted by Gasteiger charge is -2.23. The summed E-state index contributed by atoms with van der Waals surface area (Å²) in [6.07, 6.45) is 1.59. The van der Waals surface area contributed by atoms with E-state index in [-0.39, 0.29) is 6.61 Å². The van der Waals surface area contributed by atoms with Gasteiger partial charge in [0.1, 0.15) is 0 Å². The number of rotatable bonds is 11. The molecule has 1 aliphatic rings. The van der Waals surface area contributed by atoms with Gasteiger partial charge in [0, 0.05) is 13.8 Å². The molecule has 190 valence electrons. The number of hydrogen-bond donors (Lipinski definition) is 1. The van der Waals surface area contributed by atoms with E-state index in [4.69, 9.17) is 18.9 Å². The molecule has 1 aromatic heterocycles. The van der Waals surface area contributed by atoms with E-state index in [2.05, 4.69) is 17.2 Å². The zero-order chi connectivity index (χ0) is 25.3. The largest absolute Gasteiger partial charge is 0.456 e. The molecule has 0 aliphatic carbocycles. The molecular weight excluding hydrogens is 453 g/mol. The molecule has 1 aliphatic heterocycles. The molecule has 2 heterocycles. The van der Waals surface area contributed by atoms with Gasteiger partial charge >= 0.3 is 23.7 Å². The Kier molecular flexibility index (Phi) is 10.4. The number of carbonyl (C=O) groups excluding carboxylic acids is 3. The fourth-order valence-electron chi connectivity index (χ4n) is 3.59. The summed E-state index contributed by atoms with van der Waals surface area (Å²) < 4.78 is 36.4. The van der Waals surface area contributed by atoms with Gasteiger partial charge in [0.15, 0.2) is 30.1 Å². The van der Waals surface area contributed by atoms with Crippen molar-refractivity contribution in [1.29, 1.82) is 0 Å². The van der Waals surface area contributed by atoms with Crippen LogP contribution < -0.4 is 11.0 Å². The predicted molar refractivity (Wildman–Crippen MR) is 117 cm³/mol. The first-order valence-corrected chi connectivity index (χ1v) is 11.4. The number of hydrogen-bond acceptors (Lipinski definition) is 9. The van der Waals surface area contributed by atoms with E-state index < -0.39 is 59.9 Å². The fraction of sp³-hybridized carbons (Fsp3) is 0.682. The maximum Gasteiger partial charge on any atom is 0.412 e. The summed E-state index contributed by atoms with van der Waals surface area (Å²) in [5.41, 5.74) is -0.981. The normalized spacial score (nSPS) is 21.7. The van der Waals surface area contributed by atoms with Crippen LogP contribution in [0.1, 0.15) is 72.4 Å². The Morgan fingerprint density at radius 1 is 1.09 bits per heavy atom. The number of nitrogens with one attached hydrogen (secondary N) is 1. The van der Waals surface area contributed by atoms with Crippen molar-refractivity contribution in [1.82, 2.24) is 9.55 Å². The molecule has 11 nitrogen and oxygen atoms in total. The highest BCUT2D eigenvalue weighted by molar-refractivity contribution is 5.83. The average Bonchev–Trinajstić information content (AvgIpc) is 3.04. The maximum atomic E-state index is 14.7. The topological polar surface area (TPSA) is 135 Å². The average molecular weight is 486 g/mol. The second kappa shape index (κ2) is 13.0. The van der Waals surface area contributed by atoms with Crippen LogP contribution in [0.5, 0.6) is 0 Å². The van der Waals surface area contributed by atoms with Gasteiger partial charge in [-0.1, -0.05) is 39.0 Å². The quantitative estimate of drug-likeness (QED) is 0.285. The van der Waals surface area contributed by atoms with Crippen LogP contribution in [0.3, 0.4) is 0 Å². The van der Waals surface area contributed by atoms with E-state index in [1.165, 1.54) is 6.92 Å². The number of ether oxygens (including phenoxy) is 4. The Morgan fingerprint density at radius 2 is 1.71 bits per heavy atom. The van der Waals surface area contributed by atoms with E-state index >= 15 is 0 Å². The Labute approximate surface area is 196 Å². The number of amides is 1. The zero-order valence-corrected chi connectivity index (χ0v) is 19.9. The van der Waals surface area contributed by atoms with Crippen LogP contribution in [0.2, 0.25) is 0 Å². The molecule has 0 radical (unpaired) electrons. The lowest BCUT2D eigenvalue weighted by Crippen LogP contribution is -2.40. The first kappa shape index (κ1) is 27.2. The molecule has 1 amide bonds. The summed E-state index contributed by atoms with van der Waals surface area (Å²) in [6.45, 7) is 6.14. The van der Waals surface area contributed by atoms with Crippen molar-refractivity contribution in [2.24, 2.45) is 0 Å². The summed E-state index contributed by atoms with van der Waals surface area (Å²) in [6, 6.07) is 0. The van der Waals surface area contributed by atoms with E-state index in [9.17, 15) is 23.6 Å².